The Bertz CT molecular complexity index is 299. The van der Waals surface area contributed by atoms with Crippen LogP contribution in [-0.2, 0) is 4.74 Å². The molecule has 116 valence electrons. The molecule has 3 aliphatic heterocycles. The van der Waals surface area contributed by atoms with Gasteiger partial charge in [0.1, 0.15) is 0 Å². The van der Waals surface area contributed by atoms with Gasteiger partial charge in [-0.2, -0.15) is 11.8 Å². The van der Waals surface area contributed by atoms with Gasteiger partial charge in [-0.05, 0) is 57.4 Å². The lowest BCUT2D eigenvalue weighted by atomic mass is 9.88. The number of hydrogen-bond acceptors (Lipinski definition) is 4. The number of ether oxygens (including phenoxy) is 1. The molecule has 0 bridgehead atoms. The average Bonchev–Trinajstić information content (AvgIpc) is 3.11. The summed E-state index contributed by atoms with van der Waals surface area (Å²) in [6.07, 6.45) is 7.77. The zero-order valence-corrected chi connectivity index (χ0v) is 13.7. The van der Waals surface area contributed by atoms with Gasteiger partial charge in [0.05, 0.1) is 5.60 Å². The molecule has 1 spiro atoms. The molecule has 0 aromatic carbocycles. The smallest absolute Gasteiger partial charge is 0.0795 e. The molecule has 0 radical (unpaired) electrons. The molecule has 3 atom stereocenters. The zero-order valence-electron chi connectivity index (χ0n) is 12.9. The van der Waals surface area contributed by atoms with Gasteiger partial charge in [-0.1, -0.05) is 6.92 Å². The molecule has 3 rings (SSSR count). The fourth-order valence-electron chi connectivity index (χ4n) is 4.08. The first kappa shape index (κ1) is 15.1. The molecule has 0 saturated carbocycles. The Kier molecular flexibility index (Phi) is 5.29. The summed E-state index contributed by atoms with van der Waals surface area (Å²) in [5, 5.41) is 3.67. The summed E-state index contributed by atoms with van der Waals surface area (Å²) in [5.74, 6) is 2.52. The first-order valence-electron chi connectivity index (χ1n) is 8.50. The summed E-state index contributed by atoms with van der Waals surface area (Å²) in [6, 6.07) is 1.49. The van der Waals surface area contributed by atoms with Crippen LogP contribution >= 0.6 is 11.8 Å². The second-order valence-corrected chi connectivity index (χ2v) is 7.87. The number of rotatable bonds is 5. The summed E-state index contributed by atoms with van der Waals surface area (Å²) >= 11 is 2.08. The van der Waals surface area contributed by atoms with Crippen LogP contribution in [0.2, 0.25) is 0 Å². The fraction of sp³-hybridized carbons (Fsp3) is 1.00. The molecule has 4 heteroatoms. The van der Waals surface area contributed by atoms with Crippen LogP contribution in [0.25, 0.3) is 0 Å². The Balaban J connectivity index is 1.60. The van der Waals surface area contributed by atoms with E-state index >= 15 is 0 Å². The molecule has 3 aliphatic rings. The van der Waals surface area contributed by atoms with E-state index in [1.54, 1.807) is 0 Å². The van der Waals surface area contributed by atoms with E-state index in [2.05, 4.69) is 28.9 Å². The number of nitrogens with zero attached hydrogens (tertiary/aromatic N) is 1. The second-order valence-electron chi connectivity index (χ2n) is 6.77. The summed E-state index contributed by atoms with van der Waals surface area (Å²) in [7, 11) is 0. The van der Waals surface area contributed by atoms with Crippen molar-refractivity contribution in [2.45, 2.75) is 63.1 Å². The van der Waals surface area contributed by atoms with Crippen molar-refractivity contribution >= 4 is 11.8 Å². The first-order chi connectivity index (χ1) is 9.81. The van der Waals surface area contributed by atoms with Gasteiger partial charge >= 0.3 is 0 Å². The van der Waals surface area contributed by atoms with Crippen LogP contribution < -0.4 is 5.32 Å². The van der Waals surface area contributed by atoms with Crippen molar-refractivity contribution < 1.29 is 4.74 Å². The minimum Gasteiger partial charge on any atom is -0.374 e. The minimum absolute atomic E-state index is 0.225. The van der Waals surface area contributed by atoms with Gasteiger partial charge in [0, 0.05) is 31.0 Å². The summed E-state index contributed by atoms with van der Waals surface area (Å²) in [6.45, 7) is 7.02. The van der Waals surface area contributed by atoms with Crippen molar-refractivity contribution in [3.8, 4) is 0 Å². The molecule has 3 heterocycles. The quantitative estimate of drug-likeness (QED) is 0.843. The van der Waals surface area contributed by atoms with Crippen LogP contribution in [-0.4, -0.2) is 60.3 Å². The Morgan fingerprint density at radius 3 is 3.05 bits per heavy atom. The number of thioether (sulfide) groups is 1. The van der Waals surface area contributed by atoms with Crippen LogP contribution in [0.15, 0.2) is 0 Å². The van der Waals surface area contributed by atoms with E-state index in [-0.39, 0.29) is 5.60 Å². The van der Waals surface area contributed by atoms with Crippen molar-refractivity contribution in [3.05, 3.63) is 0 Å². The molecule has 0 aromatic rings. The second kappa shape index (κ2) is 6.99. The zero-order chi connectivity index (χ0) is 13.8. The van der Waals surface area contributed by atoms with Crippen LogP contribution in [0.4, 0.5) is 0 Å². The van der Waals surface area contributed by atoms with Gasteiger partial charge in [-0.25, -0.2) is 0 Å². The van der Waals surface area contributed by atoms with Gasteiger partial charge < -0.3 is 10.1 Å². The van der Waals surface area contributed by atoms with E-state index in [0.717, 1.165) is 18.7 Å². The first-order valence-corrected chi connectivity index (χ1v) is 9.66. The molecule has 3 saturated heterocycles. The highest BCUT2D eigenvalue weighted by Crippen LogP contribution is 2.39. The lowest BCUT2D eigenvalue weighted by molar-refractivity contribution is -0.0902. The van der Waals surface area contributed by atoms with E-state index < -0.39 is 0 Å². The summed E-state index contributed by atoms with van der Waals surface area (Å²) in [4.78, 5) is 2.77. The predicted octanol–water partition coefficient (Wildman–Crippen LogP) is 2.51. The van der Waals surface area contributed by atoms with Crippen LogP contribution in [0, 0.1) is 0 Å². The standard InChI is InChI=1S/C16H30N2OS/c1-2-8-18(12-14-4-3-7-17-14)15-5-9-19-16(11-15)6-10-20-13-16/h14-15,17H,2-13H2,1H3. The van der Waals surface area contributed by atoms with Crippen LogP contribution in [0.5, 0.6) is 0 Å². The molecule has 0 aliphatic carbocycles. The Morgan fingerprint density at radius 2 is 2.35 bits per heavy atom. The van der Waals surface area contributed by atoms with E-state index in [4.69, 9.17) is 4.74 Å². The Morgan fingerprint density at radius 1 is 1.40 bits per heavy atom. The molecule has 1 N–H and O–H groups in total. The third-order valence-corrected chi connectivity index (χ3v) is 6.40. The van der Waals surface area contributed by atoms with Crippen LogP contribution in [0.1, 0.15) is 45.4 Å². The lowest BCUT2D eigenvalue weighted by Gasteiger charge is -2.43. The molecule has 3 unspecified atom stereocenters. The molecule has 0 aromatic heterocycles. The predicted molar refractivity (Wildman–Crippen MR) is 86.5 cm³/mol. The lowest BCUT2D eigenvalue weighted by Crippen LogP contribution is -2.51. The summed E-state index contributed by atoms with van der Waals surface area (Å²) in [5.41, 5.74) is 0.225. The number of nitrogens with one attached hydrogen (secondary N) is 1. The maximum Gasteiger partial charge on any atom is 0.0795 e. The highest BCUT2D eigenvalue weighted by molar-refractivity contribution is 7.99. The van der Waals surface area contributed by atoms with E-state index in [0.29, 0.717) is 0 Å². The van der Waals surface area contributed by atoms with E-state index in [1.165, 1.54) is 69.7 Å². The van der Waals surface area contributed by atoms with Gasteiger partial charge in [0.15, 0.2) is 0 Å². The van der Waals surface area contributed by atoms with Gasteiger partial charge in [-0.15, -0.1) is 0 Å². The molecule has 20 heavy (non-hydrogen) atoms. The van der Waals surface area contributed by atoms with Crippen molar-refractivity contribution in [1.29, 1.82) is 0 Å². The monoisotopic (exact) mass is 298 g/mol. The van der Waals surface area contributed by atoms with Gasteiger partial charge in [0.2, 0.25) is 0 Å². The molecular weight excluding hydrogens is 268 g/mol. The van der Waals surface area contributed by atoms with Crippen molar-refractivity contribution in [3.63, 3.8) is 0 Å². The minimum atomic E-state index is 0.225. The largest absolute Gasteiger partial charge is 0.374 e. The van der Waals surface area contributed by atoms with Crippen molar-refractivity contribution in [1.82, 2.24) is 10.2 Å². The van der Waals surface area contributed by atoms with Crippen molar-refractivity contribution in [2.75, 3.05) is 37.7 Å². The normalized spacial score (nSPS) is 38.1. The maximum atomic E-state index is 6.19. The van der Waals surface area contributed by atoms with Gasteiger partial charge in [-0.3, -0.25) is 4.90 Å². The highest BCUT2D eigenvalue weighted by atomic mass is 32.2. The molecule has 3 fully saturated rings. The average molecular weight is 298 g/mol. The number of hydrogen-bond donors (Lipinski definition) is 1. The molecular formula is C16H30N2OS. The molecule has 0 amide bonds. The van der Waals surface area contributed by atoms with Gasteiger partial charge in [0.25, 0.3) is 0 Å². The van der Waals surface area contributed by atoms with E-state index in [1.807, 2.05) is 0 Å². The topological polar surface area (TPSA) is 24.5 Å². The summed E-state index contributed by atoms with van der Waals surface area (Å²) < 4.78 is 6.19. The third-order valence-electron chi connectivity index (χ3n) is 5.18. The Labute approximate surface area is 128 Å². The van der Waals surface area contributed by atoms with Crippen LogP contribution in [0.3, 0.4) is 0 Å². The Hall–Kier alpha value is 0.230. The highest BCUT2D eigenvalue weighted by Gasteiger charge is 2.42. The molecule has 3 nitrogen and oxygen atoms in total. The SMILES string of the molecule is CCCN(CC1CCCN1)C1CCOC2(CCSC2)C1. The third kappa shape index (κ3) is 3.52. The maximum absolute atomic E-state index is 6.19. The van der Waals surface area contributed by atoms with Crippen molar-refractivity contribution in [2.24, 2.45) is 0 Å². The fourth-order valence-corrected chi connectivity index (χ4v) is 5.46. The van der Waals surface area contributed by atoms with E-state index in [9.17, 15) is 0 Å².